The van der Waals surface area contributed by atoms with E-state index in [1.807, 2.05) is 0 Å². The largest absolute Gasteiger partial charge is 0.481 e. The first-order chi connectivity index (χ1) is 7.89. The van der Waals surface area contributed by atoms with E-state index in [1.54, 1.807) is 0 Å². The maximum absolute atomic E-state index is 10.9. The van der Waals surface area contributed by atoms with Gasteiger partial charge >= 0.3 is 5.97 Å². The first-order valence-electron chi connectivity index (χ1n) is 7.11. The summed E-state index contributed by atoms with van der Waals surface area (Å²) < 4.78 is 0. The highest BCUT2D eigenvalue weighted by atomic mass is 16.4. The normalized spacial score (nSPS) is 14.9. The topological polar surface area (TPSA) is 37.3 Å². The summed E-state index contributed by atoms with van der Waals surface area (Å²) in [6, 6.07) is 0. The van der Waals surface area contributed by atoms with Gasteiger partial charge in [0.1, 0.15) is 0 Å². The van der Waals surface area contributed by atoms with E-state index in [9.17, 15) is 4.79 Å². The number of rotatable bonds is 10. The molecule has 0 bridgehead atoms. The zero-order chi connectivity index (χ0) is 13.3. The third kappa shape index (κ3) is 9.20. The van der Waals surface area contributed by atoms with Gasteiger partial charge in [0.25, 0.3) is 0 Å². The van der Waals surface area contributed by atoms with E-state index in [-0.39, 0.29) is 5.41 Å². The van der Waals surface area contributed by atoms with E-state index >= 15 is 0 Å². The van der Waals surface area contributed by atoms with Gasteiger partial charge in [-0.2, -0.15) is 0 Å². The number of carboxylic acids is 1. The number of carboxylic acid groups (broad SMARTS) is 1. The summed E-state index contributed by atoms with van der Waals surface area (Å²) in [6.45, 7) is 8.71. The van der Waals surface area contributed by atoms with E-state index < -0.39 is 5.97 Å². The lowest BCUT2D eigenvalue weighted by molar-refractivity contribution is -0.139. The van der Waals surface area contributed by atoms with Gasteiger partial charge in [-0.15, -0.1) is 0 Å². The monoisotopic (exact) mass is 242 g/mol. The summed E-state index contributed by atoms with van der Waals surface area (Å²) in [5.74, 6) is -0.0725. The van der Waals surface area contributed by atoms with Crippen LogP contribution in [0.5, 0.6) is 0 Å². The van der Waals surface area contributed by atoms with Crippen LogP contribution in [-0.4, -0.2) is 11.1 Å². The fourth-order valence-electron chi connectivity index (χ4n) is 2.77. The maximum atomic E-state index is 10.9. The third-order valence-electron chi connectivity index (χ3n) is 3.36. The summed E-state index contributed by atoms with van der Waals surface area (Å²) in [7, 11) is 0. The smallest absolute Gasteiger partial charge is 0.303 e. The van der Waals surface area contributed by atoms with Crippen LogP contribution in [0.15, 0.2) is 0 Å². The number of hydrogen-bond acceptors (Lipinski definition) is 1. The standard InChI is InChI=1S/C15H30O2/c1-5-6-7-8-9-10-15(4,11-13(2)3)12-14(16)17/h13H,5-12H2,1-4H3,(H,16,17). The summed E-state index contributed by atoms with van der Waals surface area (Å²) >= 11 is 0. The molecule has 2 heteroatoms. The Kier molecular flexibility index (Phi) is 8.28. The minimum atomic E-state index is -0.651. The van der Waals surface area contributed by atoms with Gasteiger partial charge in [0, 0.05) is 0 Å². The lowest BCUT2D eigenvalue weighted by atomic mass is 9.75. The predicted octanol–water partition coefficient (Wildman–Crippen LogP) is 4.87. The molecular weight excluding hydrogens is 212 g/mol. The minimum absolute atomic E-state index is 0.00772. The van der Waals surface area contributed by atoms with E-state index in [4.69, 9.17) is 5.11 Å². The Bertz CT molecular complexity index is 211. The van der Waals surface area contributed by atoms with Crippen molar-refractivity contribution in [3.05, 3.63) is 0 Å². The van der Waals surface area contributed by atoms with E-state index in [0.29, 0.717) is 12.3 Å². The van der Waals surface area contributed by atoms with Crippen molar-refractivity contribution in [3.63, 3.8) is 0 Å². The van der Waals surface area contributed by atoms with E-state index in [0.717, 1.165) is 12.8 Å². The molecule has 102 valence electrons. The van der Waals surface area contributed by atoms with Gasteiger partial charge < -0.3 is 5.11 Å². The number of unbranched alkanes of at least 4 members (excludes halogenated alkanes) is 4. The van der Waals surface area contributed by atoms with Crippen LogP contribution in [0, 0.1) is 11.3 Å². The summed E-state index contributed by atoms with van der Waals surface area (Å²) in [5, 5.41) is 9.00. The van der Waals surface area contributed by atoms with Crippen LogP contribution in [0.2, 0.25) is 0 Å². The van der Waals surface area contributed by atoms with Gasteiger partial charge in [0.2, 0.25) is 0 Å². The Morgan fingerprint density at radius 3 is 2.24 bits per heavy atom. The van der Waals surface area contributed by atoms with Crippen molar-refractivity contribution in [2.45, 2.75) is 79.1 Å². The molecule has 0 aliphatic rings. The van der Waals surface area contributed by atoms with Crippen molar-refractivity contribution in [1.82, 2.24) is 0 Å². The highest BCUT2D eigenvalue weighted by Gasteiger charge is 2.27. The van der Waals surface area contributed by atoms with Gasteiger partial charge in [-0.05, 0) is 24.2 Å². The fourth-order valence-corrected chi connectivity index (χ4v) is 2.77. The van der Waals surface area contributed by atoms with Gasteiger partial charge in [-0.3, -0.25) is 4.79 Å². The molecule has 0 fully saturated rings. The second kappa shape index (κ2) is 8.54. The molecule has 0 heterocycles. The van der Waals surface area contributed by atoms with Crippen LogP contribution >= 0.6 is 0 Å². The van der Waals surface area contributed by atoms with Crippen molar-refractivity contribution in [3.8, 4) is 0 Å². The first-order valence-corrected chi connectivity index (χ1v) is 7.11. The van der Waals surface area contributed by atoms with Crippen molar-refractivity contribution >= 4 is 5.97 Å². The molecule has 0 aromatic rings. The van der Waals surface area contributed by atoms with Crippen molar-refractivity contribution in [2.24, 2.45) is 11.3 Å². The average molecular weight is 242 g/mol. The van der Waals surface area contributed by atoms with Crippen LogP contribution in [0.25, 0.3) is 0 Å². The second-order valence-corrected chi connectivity index (χ2v) is 6.14. The lowest BCUT2D eigenvalue weighted by Crippen LogP contribution is -2.23. The Morgan fingerprint density at radius 2 is 1.76 bits per heavy atom. The number of hydrogen-bond donors (Lipinski definition) is 1. The van der Waals surface area contributed by atoms with Crippen molar-refractivity contribution < 1.29 is 9.90 Å². The molecule has 0 aliphatic heterocycles. The Morgan fingerprint density at radius 1 is 1.18 bits per heavy atom. The maximum Gasteiger partial charge on any atom is 0.303 e. The van der Waals surface area contributed by atoms with Gasteiger partial charge in [-0.1, -0.05) is 59.8 Å². The lowest BCUT2D eigenvalue weighted by Gasteiger charge is -2.30. The second-order valence-electron chi connectivity index (χ2n) is 6.14. The van der Waals surface area contributed by atoms with E-state index in [1.165, 1.54) is 32.1 Å². The molecule has 0 radical (unpaired) electrons. The fraction of sp³-hybridized carbons (Fsp3) is 0.933. The molecule has 0 spiro atoms. The molecule has 0 saturated heterocycles. The van der Waals surface area contributed by atoms with Crippen LogP contribution in [-0.2, 0) is 4.79 Å². The molecule has 0 aromatic carbocycles. The Hall–Kier alpha value is -0.530. The van der Waals surface area contributed by atoms with Crippen molar-refractivity contribution in [2.75, 3.05) is 0 Å². The molecule has 1 atom stereocenters. The quantitative estimate of drug-likeness (QED) is 0.555. The van der Waals surface area contributed by atoms with Crippen LogP contribution in [0.3, 0.4) is 0 Å². The minimum Gasteiger partial charge on any atom is -0.481 e. The summed E-state index contributed by atoms with van der Waals surface area (Å²) in [6.07, 6.45) is 8.68. The zero-order valence-electron chi connectivity index (χ0n) is 12.1. The van der Waals surface area contributed by atoms with Crippen LogP contribution in [0.4, 0.5) is 0 Å². The molecule has 1 unspecified atom stereocenters. The molecule has 0 aromatic heterocycles. The van der Waals surface area contributed by atoms with Gasteiger partial charge in [0.15, 0.2) is 0 Å². The highest BCUT2D eigenvalue weighted by Crippen LogP contribution is 2.35. The van der Waals surface area contributed by atoms with Gasteiger partial charge in [0.05, 0.1) is 6.42 Å². The van der Waals surface area contributed by atoms with Crippen LogP contribution in [0.1, 0.15) is 79.1 Å². The first kappa shape index (κ1) is 16.5. The summed E-state index contributed by atoms with van der Waals surface area (Å²) in [4.78, 5) is 10.9. The summed E-state index contributed by atoms with van der Waals surface area (Å²) in [5.41, 5.74) is -0.00772. The average Bonchev–Trinajstić information content (AvgIpc) is 2.14. The third-order valence-corrected chi connectivity index (χ3v) is 3.36. The molecule has 0 rings (SSSR count). The Labute approximate surface area is 107 Å². The predicted molar refractivity (Wildman–Crippen MR) is 73.2 cm³/mol. The SMILES string of the molecule is CCCCCCCC(C)(CC(=O)O)CC(C)C. The molecule has 0 aliphatic carbocycles. The van der Waals surface area contributed by atoms with Gasteiger partial charge in [-0.25, -0.2) is 0 Å². The van der Waals surface area contributed by atoms with E-state index in [2.05, 4.69) is 27.7 Å². The molecular formula is C15H30O2. The molecule has 0 amide bonds. The molecule has 2 nitrogen and oxygen atoms in total. The molecule has 0 saturated carbocycles. The highest BCUT2D eigenvalue weighted by molar-refractivity contribution is 5.67. The Balaban J connectivity index is 4.05. The number of aliphatic carboxylic acids is 1. The van der Waals surface area contributed by atoms with Crippen molar-refractivity contribution in [1.29, 1.82) is 0 Å². The zero-order valence-corrected chi connectivity index (χ0v) is 12.1. The molecule has 17 heavy (non-hydrogen) atoms. The van der Waals surface area contributed by atoms with Crippen LogP contribution < -0.4 is 0 Å². The molecule has 1 N–H and O–H groups in total. The number of carbonyl (C=O) groups is 1.